The maximum Gasteiger partial charge on any atom is 0.129 e. The first-order valence-corrected chi connectivity index (χ1v) is 5.47. The van der Waals surface area contributed by atoms with Crippen molar-refractivity contribution in [3.05, 3.63) is 12.2 Å². The minimum atomic E-state index is -0.468. The molecule has 0 bridgehead atoms. The summed E-state index contributed by atoms with van der Waals surface area (Å²) in [7, 11) is 0. The van der Waals surface area contributed by atoms with Crippen molar-refractivity contribution in [2.45, 2.75) is 45.1 Å². The Hall–Kier alpha value is -1.51. The van der Waals surface area contributed by atoms with E-state index >= 15 is 0 Å². The van der Waals surface area contributed by atoms with Crippen LogP contribution < -0.4 is 0 Å². The zero-order valence-corrected chi connectivity index (χ0v) is 9.70. The third kappa shape index (κ3) is 10.6. The fourth-order valence-electron chi connectivity index (χ4n) is 1.24. The third-order valence-corrected chi connectivity index (χ3v) is 2.07. The summed E-state index contributed by atoms with van der Waals surface area (Å²) in [5.41, 5.74) is 0. The monoisotopic (exact) mass is 218 g/mol. The number of allylic oxidation sites excluding steroid dienone is 1. The summed E-state index contributed by atoms with van der Waals surface area (Å²) in [4.78, 5) is 10.7. The molecule has 0 aliphatic rings. The van der Waals surface area contributed by atoms with Crippen LogP contribution in [0.4, 0.5) is 0 Å². The molecule has 0 radical (unpaired) electrons. The molecule has 0 saturated carbocycles. The SMILES string of the molecule is C#CC#CC=CC(O)CCCCCC(C)=O. The quantitative estimate of drug-likeness (QED) is 0.524. The van der Waals surface area contributed by atoms with Gasteiger partial charge in [-0.05, 0) is 43.8 Å². The summed E-state index contributed by atoms with van der Waals surface area (Å²) in [6.45, 7) is 1.60. The number of unbranched alkanes of at least 4 members (excludes halogenated alkanes) is 2. The number of hydrogen-bond acceptors (Lipinski definition) is 2. The Morgan fingerprint density at radius 3 is 2.81 bits per heavy atom. The molecule has 16 heavy (non-hydrogen) atoms. The van der Waals surface area contributed by atoms with Gasteiger partial charge in [0.15, 0.2) is 0 Å². The molecule has 0 rings (SSSR count). The van der Waals surface area contributed by atoms with E-state index in [0.29, 0.717) is 12.8 Å². The molecule has 1 atom stereocenters. The number of aliphatic hydroxyl groups is 1. The van der Waals surface area contributed by atoms with Gasteiger partial charge in [0.25, 0.3) is 0 Å². The van der Waals surface area contributed by atoms with Crippen LogP contribution in [0.5, 0.6) is 0 Å². The van der Waals surface area contributed by atoms with Crippen molar-refractivity contribution in [3.63, 3.8) is 0 Å². The van der Waals surface area contributed by atoms with Gasteiger partial charge in [-0.1, -0.05) is 18.8 Å². The maximum absolute atomic E-state index is 10.7. The molecule has 86 valence electrons. The predicted octanol–water partition coefficient (Wildman–Crippen LogP) is 2.08. The van der Waals surface area contributed by atoms with Crippen molar-refractivity contribution >= 4 is 5.78 Å². The lowest BCUT2D eigenvalue weighted by molar-refractivity contribution is -0.117. The fourth-order valence-corrected chi connectivity index (χ4v) is 1.24. The van der Waals surface area contributed by atoms with Crippen LogP contribution in [0.3, 0.4) is 0 Å². The normalized spacial score (nSPS) is 11.6. The number of rotatable bonds is 7. The molecule has 0 aliphatic carbocycles. The number of aliphatic hydroxyl groups excluding tert-OH is 1. The van der Waals surface area contributed by atoms with E-state index in [9.17, 15) is 9.90 Å². The van der Waals surface area contributed by atoms with Crippen LogP contribution in [0.1, 0.15) is 39.0 Å². The Morgan fingerprint density at radius 2 is 2.19 bits per heavy atom. The third-order valence-electron chi connectivity index (χ3n) is 2.07. The molecular formula is C14H18O2. The van der Waals surface area contributed by atoms with Gasteiger partial charge in [0.1, 0.15) is 5.78 Å². The second-order valence-electron chi connectivity index (χ2n) is 3.64. The molecule has 1 N–H and O–H groups in total. The zero-order chi connectivity index (χ0) is 12.2. The molecule has 0 amide bonds. The molecule has 0 aromatic rings. The van der Waals surface area contributed by atoms with E-state index < -0.39 is 6.10 Å². The van der Waals surface area contributed by atoms with Crippen molar-refractivity contribution in [3.8, 4) is 24.2 Å². The van der Waals surface area contributed by atoms with Crippen LogP contribution in [0, 0.1) is 24.2 Å². The average Bonchev–Trinajstić information content (AvgIpc) is 2.23. The van der Waals surface area contributed by atoms with Crippen LogP contribution in [-0.4, -0.2) is 17.0 Å². The second kappa shape index (κ2) is 10.0. The molecule has 0 fully saturated rings. The highest BCUT2D eigenvalue weighted by Gasteiger charge is 1.99. The molecule has 2 nitrogen and oxygen atoms in total. The fraction of sp³-hybridized carbons (Fsp3) is 0.500. The number of ketones is 1. The highest BCUT2D eigenvalue weighted by Crippen LogP contribution is 2.06. The summed E-state index contributed by atoms with van der Waals surface area (Å²) in [5.74, 6) is 7.46. The van der Waals surface area contributed by atoms with Crippen LogP contribution in [0.2, 0.25) is 0 Å². The Labute approximate surface area is 97.7 Å². The van der Waals surface area contributed by atoms with Crippen molar-refractivity contribution in [1.82, 2.24) is 0 Å². The molecule has 0 spiro atoms. The van der Waals surface area contributed by atoms with E-state index in [1.165, 1.54) is 0 Å². The van der Waals surface area contributed by atoms with Gasteiger partial charge in [0.05, 0.1) is 6.10 Å². The van der Waals surface area contributed by atoms with E-state index in [2.05, 4.69) is 17.8 Å². The van der Waals surface area contributed by atoms with E-state index in [1.54, 1.807) is 19.1 Å². The van der Waals surface area contributed by atoms with E-state index in [1.807, 2.05) is 0 Å². The summed E-state index contributed by atoms with van der Waals surface area (Å²) in [6, 6.07) is 0. The van der Waals surface area contributed by atoms with Gasteiger partial charge in [0, 0.05) is 6.42 Å². The summed E-state index contributed by atoms with van der Waals surface area (Å²) >= 11 is 0. The van der Waals surface area contributed by atoms with Crippen molar-refractivity contribution in [2.24, 2.45) is 0 Å². The minimum absolute atomic E-state index is 0.227. The topological polar surface area (TPSA) is 37.3 Å². The number of carbonyl (C=O) groups is 1. The number of carbonyl (C=O) groups excluding carboxylic acids is 1. The highest BCUT2D eigenvalue weighted by molar-refractivity contribution is 5.75. The van der Waals surface area contributed by atoms with Crippen LogP contribution >= 0.6 is 0 Å². The molecule has 0 aliphatic heterocycles. The zero-order valence-electron chi connectivity index (χ0n) is 9.70. The number of terminal acetylenes is 1. The van der Waals surface area contributed by atoms with Crippen molar-refractivity contribution in [1.29, 1.82) is 0 Å². The first kappa shape index (κ1) is 14.5. The molecular weight excluding hydrogens is 200 g/mol. The van der Waals surface area contributed by atoms with Gasteiger partial charge < -0.3 is 9.90 Å². The number of hydrogen-bond donors (Lipinski definition) is 1. The average molecular weight is 218 g/mol. The summed E-state index contributed by atoms with van der Waals surface area (Å²) < 4.78 is 0. The van der Waals surface area contributed by atoms with E-state index in [0.717, 1.165) is 19.3 Å². The van der Waals surface area contributed by atoms with Gasteiger partial charge in [-0.2, -0.15) is 0 Å². The van der Waals surface area contributed by atoms with Crippen molar-refractivity contribution in [2.75, 3.05) is 0 Å². The van der Waals surface area contributed by atoms with Gasteiger partial charge in [-0.25, -0.2) is 0 Å². The Morgan fingerprint density at radius 1 is 1.44 bits per heavy atom. The second-order valence-corrected chi connectivity index (χ2v) is 3.64. The Bertz CT molecular complexity index is 323. The summed E-state index contributed by atoms with van der Waals surface area (Å²) in [6.07, 6.45) is 11.8. The lowest BCUT2D eigenvalue weighted by Gasteiger charge is -2.03. The van der Waals surface area contributed by atoms with Gasteiger partial charge in [-0.15, -0.1) is 6.42 Å². The minimum Gasteiger partial charge on any atom is -0.389 e. The standard InChI is InChI=1S/C14H18O2/c1-3-4-5-8-11-14(16)12-9-6-7-10-13(2)15/h1,8,11,14,16H,6-7,9-10,12H2,2H3. The smallest absolute Gasteiger partial charge is 0.129 e. The lowest BCUT2D eigenvalue weighted by atomic mass is 10.1. The molecule has 0 aromatic heterocycles. The van der Waals surface area contributed by atoms with E-state index in [-0.39, 0.29) is 5.78 Å². The summed E-state index contributed by atoms with van der Waals surface area (Å²) in [5, 5.41) is 9.48. The van der Waals surface area contributed by atoms with Crippen molar-refractivity contribution < 1.29 is 9.90 Å². The Kier molecular flexibility index (Phi) is 9.08. The highest BCUT2D eigenvalue weighted by atomic mass is 16.3. The Balaban J connectivity index is 3.51. The van der Waals surface area contributed by atoms with Gasteiger partial charge >= 0.3 is 0 Å². The van der Waals surface area contributed by atoms with Gasteiger partial charge in [0.2, 0.25) is 0 Å². The molecule has 2 heteroatoms. The lowest BCUT2D eigenvalue weighted by Crippen LogP contribution is -2.01. The first-order chi connectivity index (χ1) is 7.66. The maximum atomic E-state index is 10.7. The largest absolute Gasteiger partial charge is 0.389 e. The first-order valence-electron chi connectivity index (χ1n) is 5.47. The molecule has 1 unspecified atom stereocenters. The van der Waals surface area contributed by atoms with Crippen LogP contribution in [0.15, 0.2) is 12.2 Å². The predicted molar refractivity (Wildman–Crippen MR) is 65.5 cm³/mol. The molecule has 0 aromatic carbocycles. The van der Waals surface area contributed by atoms with Crippen LogP contribution in [-0.2, 0) is 4.79 Å². The number of Topliss-reactive ketones (excluding diaryl/α,β-unsaturated/α-hetero) is 1. The van der Waals surface area contributed by atoms with E-state index in [4.69, 9.17) is 6.42 Å². The molecule has 0 saturated heterocycles. The van der Waals surface area contributed by atoms with Crippen LogP contribution in [0.25, 0.3) is 0 Å². The molecule has 0 heterocycles. The van der Waals surface area contributed by atoms with Gasteiger partial charge in [-0.3, -0.25) is 0 Å².